The van der Waals surface area contributed by atoms with Crippen LogP contribution in [0, 0.1) is 5.82 Å². The van der Waals surface area contributed by atoms with E-state index in [1.807, 2.05) is 0 Å². The fraction of sp³-hybridized carbons (Fsp3) is 0.500. The average Bonchev–Trinajstić information content (AvgIpc) is 2.87. The molecule has 1 aliphatic carbocycles. The molecule has 2 heterocycles. The number of carbonyl (C=O) groups excluding carboxylic acids is 2. The molecule has 0 radical (unpaired) electrons. The maximum Gasteiger partial charge on any atom is 0.410 e. The lowest BCUT2D eigenvalue weighted by atomic mass is 9.91. The van der Waals surface area contributed by atoms with Gasteiger partial charge in [0.1, 0.15) is 24.4 Å². The van der Waals surface area contributed by atoms with Crippen molar-refractivity contribution in [1.82, 2.24) is 10.2 Å². The maximum absolute atomic E-state index is 13.5. The van der Waals surface area contributed by atoms with E-state index < -0.39 is 23.5 Å². The summed E-state index contributed by atoms with van der Waals surface area (Å²) in [4.78, 5) is 24.6. The Kier molecular flexibility index (Phi) is 3.47. The van der Waals surface area contributed by atoms with Crippen molar-refractivity contribution < 1.29 is 28.2 Å². The van der Waals surface area contributed by atoms with Gasteiger partial charge >= 0.3 is 12.2 Å². The number of para-hydroxylation sites is 1. The van der Waals surface area contributed by atoms with Gasteiger partial charge in [-0.25, -0.2) is 14.0 Å². The van der Waals surface area contributed by atoms with Gasteiger partial charge in [0.15, 0.2) is 11.6 Å². The Hall–Kier alpha value is -2.51. The van der Waals surface area contributed by atoms with E-state index in [0.29, 0.717) is 25.9 Å². The van der Waals surface area contributed by atoms with Gasteiger partial charge in [0.2, 0.25) is 0 Å². The molecule has 24 heavy (non-hydrogen) atoms. The van der Waals surface area contributed by atoms with E-state index in [-0.39, 0.29) is 24.6 Å². The first-order chi connectivity index (χ1) is 11.5. The predicted octanol–water partition coefficient (Wildman–Crippen LogP) is 1.67. The molecule has 3 aliphatic rings. The number of ether oxygens (including phenoxy) is 3. The highest BCUT2D eigenvalue weighted by molar-refractivity contribution is 5.74. The number of rotatable bonds is 3. The summed E-state index contributed by atoms with van der Waals surface area (Å²) < 4.78 is 29.3. The van der Waals surface area contributed by atoms with Gasteiger partial charge in [0.25, 0.3) is 0 Å². The van der Waals surface area contributed by atoms with E-state index in [1.165, 1.54) is 11.0 Å². The van der Waals surface area contributed by atoms with Crippen molar-refractivity contribution in [2.75, 3.05) is 19.7 Å². The number of alkyl carbamates (subject to hydrolysis) is 1. The van der Waals surface area contributed by atoms with Crippen LogP contribution in [-0.4, -0.2) is 54.5 Å². The zero-order valence-corrected chi connectivity index (χ0v) is 12.9. The fourth-order valence-electron chi connectivity index (χ4n) is 3.12. The van der Waals surface area contributed by atoms with Crippen LogP contribution in [0.25, 0.3) is 0 Å². The minimum atomic E-state index is -0.452. The summed E-state index contributed by atoms with van der Waals surface area (Å²) in [6.07, 6.45) is -0.144. The molecule has 128 valence electrons. The number of amides is 2. The van der Waals surface area contributed by atoms with E-state index in [4.69, 9.17) is 14.2 Å². The normalized spacial score (nSPS) is 26.9. The minimum Gasteiger partial charge on any atom is -0.487 e. The lowest BCUT2D eigenvalue weighted by molar-refractivity contribution is -0.0508. The van der Waals surface area contributed by atoms with Crippen LogP contribution in [0.1, 0.15) is 12.8 Å². The molecule has 7 nitrogen and oxygen atoms in total. The number of likely N-dealkylation sites (tertiary alicyclic amines) is 1. The molecule has 0 unspecified atom stereocenters. The fourth-order valence-corrected chi connectivity index (χ4v) is 3.12. The molecule has 1 saturated carbocycles. The topological polar surface area (TPSA) is 77.1 Å². The highest BCUT2D eigenvalue weighted by Crippen LogP contribution is 2.31. The Bertz CT molecular complexity index is 670. The van der Waals surface area contributed by atoms with Crippen LogP contribution in [0.5, 0.6) is 5.75 Å². The second-order valence-electron chi connectivity index (χ2n) is 6.48. The Labute approximate surface area is 137 Å². The molecule has 1 N–H and O–H groups in total. The van der Waals surface area contributed by atoms with Crippen molar-refractivity contribution in [3.8, 4) is 5.75 Å². The van der Waals surface area contributed by atoms with E-state index in [0.717, 1.165) is 0 Å². The van der Waals surface area contributed by atoms with Crippen molar-refractivity contribution >= 4 is 12.2 Å². The molecule has 4 rings (SSSR count). The lowest BCUT2D eigenvalue weighted by Gasteiger charge is -2.46. The van der Waals surface area contributed by atoms with Crippen LogP contribution in [-0.2, 0) is 9.47 Å². The molecule has 8 heteroatoms. The van der Waals surface area contributed by atoms with Crippen LogP contribution >= 0.6 is 0 Å². The van der Waals surface area contributed by atoms with Crippen molar-refractivity contribution in [2.45, 2.75) is 30.6 Å². The number of nitrogens with one attached hydrogen (secondary N) is 1. The molecule has 0 bridgehead atoms. The van der Waals surface area contributed by atoms with Crippen LogP contribution in [0.4, 0.5) is 14.0 Å². The number of carbonyl (C=O) groups is 2. The van der Waals surface area contributed by atoms with E-state index >= 15 is 0 Å². The van der Waals surface area contributed by atoms with Gasteiger partial charge in [0, 0.05) is 12.8 Å². The van der Waals surface area contributed by atoms with Crippen LogP contribution in [0.3, 0.4) is 0 Å². The number of hydrogen-bond acceptors (Lipinski definition) is 5. The highest BCUT2D eigenvalue weighted by Gasteiger charge is 2.52. The standard InChI is InChI=1S/C16H17FN2O5/c17-12-3-1-2-4-13(12)23-10-5-11(6-10)24-15(21)19-7-16(8-19)9-22-14(20)18-16/h1-4,10-11H,5-9H2,(H,18,20). The summed E-state index contributed by atoms with van der Waals surface area (Å²) >= 11 is 0. The summed E-state index contributed by atoms with van der Waals surface area (Å²) in [5.41, 5.74) is -0.452. The van der Waals surface area contributed by atoms with Crippen molar-refractivity contribution in [3.63, 3.8) is 0 Å². The van der Waals surface area contributed by atoms with Crippen LogP contribution in [0.15, 0.2) is 24.3 Å². The number of hydrogen-bond donors (Lipinski definition) is 1. The highest BCUT2D eigenvalue weighted by atomic mass is 19.1. The van der Waals surface area contributed by atoms with Gasteiger partial charge in [-0.1, -0.05) is 12.1 Å². The van der Waals surface area contributed by atoms with E-state index in [2.05, 4.69) is 5.32 Å². The van der Waals surface area contributed by atoms with Gasteiger partial charge in [-0.15, -0.1) is 0 Å². The minimum absolute atomic E-state index is 0.148. The molecule has 2 amide bonds. The zero-order chi connectivity index (χ0) is 16.7. The SMILES string of the molecule is O=C1NC2(CO1)CN(C(=O)OC1CC(Oc3ccccc3F)C1)C2. The molecular weight excluding hydrogens is 319 g/mol. The number of nitrogens with zero attached hydrogens (tertiary/aromatic N) is 1. The third-order valence-electron chi connectivity index (χ3n) is 4.54. The molecule has 3 fully saturated rings. The maximum atomic E-state index is 13.5. The number of halogens is 1. The second-order valence-corrected chi connectivity index (χ2v) is 6.48. The molecule has 1 aromatic carbocycles. The quantitative estimate of drug-likeness (QED) is 0.908. The van der Waals surface area contributed by atoms with Crippen LogP contribution < -0.4 is 10.1 Å². The smallest absolute Gasteiger partial charge is 0.410 e. The number of benzene rings is 1. The van der Waals surface area contributed by atoms with Crippen molar-refractivity contribution in [3.05, 3.63) is 30.1 Å². The summed E-state index contributed by atoms with van der Waals surface area (Å²) in [5.74, 6) is -0.182. The van der Waals surface area contributed by atoms with Crippen LogP contribution in [0.2, 0.25) is 0 Å². The first-order valence-corrected chi connectivity index (χ1v) is 7.85. The summed E-state index contributed by atoms with van der Waals surface area (Å²) in [5, 5.41) is 2.71. The molecule has 2 saturated heterocycles. The molecule has 0 aromatic heterocycles. The Morgan fingerprint density at radius 3 is 2.71 bits per heavy atom. The molecule has 1 aromatic rings. The summed E-state index contributed by atoms with van der Waals surface area (Å²) in [6, 6.07) is 6.23. The molecule has 1 spiro atoms. The predicted molar refractivity (Wildman–Crippen MR) is 79.1 cm³/mol. The first kappa shape index (κ1) is 15.0. The Morgan fingerprint density at radius 1 is 1.29 bits per heavy atom. The first-order valence-electron chi connectivity index (χ1n) is 7.85. The summed E-state index contributed by atoms with van der Waals surface area (Å²) in [7, 11) is 0. The monoisotopic (exact) mass is 336 g/mol. The number of cyclic esters (lactones) is 1. The third-order valence-corrected chi connectivity index (χ3v) is 4.54. The van der Waals surface area contributed by atoms with E-state index in [1.54, 1.807) is 18.2 Å². The van der Waals surface area contributed by atoms with Gasteiger partial charge < -0.3 is 24.4 Å². The van der Waals surface area contributed by atoms with Gasteiger partial charge in [-0.3, -0.25) is 0 Å². The zero-order valence-electron chi connectivity index (χ0n) is 12.9. The van der Waals surface area contributed by atoms with Gasteiger partial charge in [-0.05, 0) is 12.1 Å². The van der Waals surface area contributed by atoms with Gasteiger partial charge in [0.05, 0.1) is 13.1 Å². The average molecular weight is 336 g/mol. The van der Waals surface area contributed by atoms with Crippen molar-refractivity contribution in [2.24, 2.45) is 0 Å². The Balaban J connectivity index is 1.20. The summed E-state index contributed by atoms with van der Waals surface area (Å²) in [6.45, 7) is 1.05. The molecule has 0 atom stereocenters. The van der Waals surface area contributed by atoms with Crippen molar-refractivity contribution in [1.29, 1.82) is 0 Å². The lowest BCUT2D eigenvalue weighted by Crippen LogP contribution is -2.70. The largest absolute Gasteiger partial charge is 0.487 e. The Morgan fingerprint density at radius 2 is 2.04 bits per heavy atom. The molecular formula is C16H17FN2O5. The molecule has 2 aliphatic heterocycles. The van der Waals surface area contributed by atoms with Gasteiger partial charge in [-0.2, -0.15) is 0 Å². The van der Waals surface area contributed by atoms with E-state index in [9.17, 15) is 14.0 Å². The second kappa shape index (κ2) is 5.54. The third kappa shape index (κ3) is 2.72.